The minimum atomic E-state index is 0.299. The predicted octanol–water partition coefficient (Wildman–Crippen LogP) is 2.96. The van der Waals surface area contributed by atoms with E-state index in [0.29, 0.717) is 17.7 Å². The second-order valence-electron chi connectivity index (χ2n) is 7.64. The highest BCUT2D eigenvalue weighted by Crippen LogP contribution is 2.40. The monoisotopic (exact) mass is 336 g/mol. The fraction of sp³-hybridized carbons (Fsp3) is 0.550. The Kier molecular flexibility index (Phi) is 3.61. The molecule has 3 fully saturated rings. The number of anilines is 1. The zero-order valence-corrected chi connectivity index (χ0v) is 14.5. The van der Waals surface area contributed by atoms with E-state index in [1.165, 1.54) is 19.3 Å². The predicted molar refractivity (Wildman–Crippen MR) is 97.6 cm³/mol. The second kappa shape index (κ2) is 5.97. The van der Waals surface area contributed by atoms with Crippen molar-refractivity contribution >= 4 is 22.6 Å². The Morgan fingerprint density at radius 1 is 0.960 bits per heavy atom. The number of para-hydroxylation sites is 1. The van der Waals surface area contributed by atoms with Gasteiger partial charge in [-0.2, -0.15) is 0 Å². The molecule has 1 amide bonds. The summed E-state index contributed by atoms with van der Waals surface area (Å²) >= 11 is 0. The first-order chi connectivity index (χ1) is 12.3. The number of benzene rings is 1. The lowest BCUT2D eigenvalue weighted by molar-refractivity contribution is -0.138. The van der Waals surface area contributed by atoms with Crippen molar-refractivity contribution in [2.24, 2.45) is 5.92 Å². The van der Waals surface area contributed by atoms with Crippen LogP contribution >= 0.6 is 0 Å². The van der Waals surface area contributed by atoms with Gasteiger partial charge in [0.15, 0.2) is 0 Å². The molecule has 0 spiro atoms. The zero-order chi connectivity index (χ0) is 16.8. The molecule has 5 rings (SSSR count). The largest absolute Gasteiger partial charge is 0.352 e. The molecule has 2 heterocycles. The molecular formula is C20H24N4O. The lowest BCUT2D eigenvalue weighted by Crippen LogP contribution is -2.51. The topological polar surface area (TPSA) is 49.3 Å². The van der Waals surface area contributed by atoms with Gasteiger partial charge in [0, 0.05) is 43.4 Å². The normalized spacial score (nSPS) is 21.4. The molecule has 130 valence electrons. The molecule has 1 aromatic carbocycles. The summed E-state index contributed by atoms with van der Waals surface area (Å²) in [5.41, 5.74) is 1.04. The average molecular weight is 336 g/mol. The van der Waals surface area contributed by atoms with E-state index in [1.807, 2.05) is 6.07 Å². The fourth-order valence-electron chi connectivity index (χ4n) is 3.89. The highest BCUT2D eigenvalue weighted by atomic mass is 16.2. The SMILES string of the molecule is O=C(C1CCC1)N1CCN(c2nc(C3CC3)nc3ccccc23)CC1. The van der Waals surface area contributed by atoms with Crippen LogP contribution in [-0.4, -0.2) is 47.0 Å². The first-order valence-electron chi connectivity index (χ1n) is 9.60. The molecule has 1 saturated heterocycles. The molecule has 25 heavy (non-hydrogen) atoms. The van der Waals surface area contributed by atoms with Crippen molar-refractivity contribution in [3.8, 4) is 0 Å². The van der Waals surface area contributed by atoms with Crippen molar-refractivity contribution in [2.75, 3.05) is 31.1 Å². The molecule has 3 aliphatic rings. The first-order valence-corrected chi connectivity index (χ1v) is 9.60. The number of carbonyl (C=O) groups is 1. The lowest BCUT2D eigenvalue weighted by atomic mass is 9.84. The van der Waals surface area contributed by atoms with Gasteiger partial charge in [-0.15, -0.1) is 0 Å². The van der Waals surface area contributed by atoms with Crippen molar-refractivity contribution < 1.29 is 4.79 Å². The summed E-state index contributed by atoms with van der Waals surface area (Å²) in [6, 6.07) is 8.31. The highest BCUT2D eigenvalue weighted by molar-refractivity contribution is 5.89. The molecular weight excluding hydrogens is 312 g/mol. The standard InChI is InChI=1S/C20H24N4O/c25-20(15-4-3-5-15)24-12-10-23(11-13-24)19-16-6-1-2-7-17(16)21-18(22-19)14-8-9-14/h1-2,6-7,14-15H,3-5,8-13H2. The van der Waals surface area contributed by atoms with E-state index in [2.05, 4.69) is 28.0 Å². The van der Waals surface area contributed by atoms with Crippen LogP contribution in [0.25, 0.3) is 10.9 Å². The van der Waals surface area contributed by atoms with Gasteiger partial charge in [-0.05, 0) is 37.8 Å². The second-order valence-corrected chi connectivity index (χ2v) is 7.64. The van der Waals surface area contributed by atoms with Crippen LogP contribution in [0.1, 0.15) is 43.8 Å². The highest BCUT2D eigenvalue weighted by Gasteiger charge is 2.32. The summed E-state index contributed by atoms with van der Waals surface area (Å²) in [6.45, 7) is 3.35. The van der Waals surface area contributed by atoms with Crippen LogP contribution in [0.3, 0.4) is 0 Å². The van der Waals surface area contributed by atoms with Crippen LogP contribution < -0.4 is 4.90 Å². The molecule has 0 N–H and O–H groups in total. The van der Waals surface area contributed by atoms with E-state index in [1.54, 1.807) is 0 Å². The Balaban J connectivity index is 1.39. The molecule has 1 aliphatic heterocycles. The number of amides is 1. The number of fused-ring (bicyclic) bond motifs is 1. The smallest absolute Gasteiger partial charge is 0.225 e. The van der Waals surface area contributed by atoms with Gasteiger partial charge < -0.3 is 9.80 Å². The lowest BCUT2D eigenvalue weighted by Gasteiger charge is -2.39. The third-order valence-corrected chi connectivity index (χ3v) is 5.89. The minimum absolute atomic E-state index is 0.299. The maximum atomic E-state index is 12.5. The van der Waals surface area contributed by atoms with E-state index >= 15 is 0 Å². The maximum Gasteiger partial charge on any atom is 0.225 e. The molecule has 0 atom stereocenters. The van der Waals surface area contributed by atoms with Gasteiger partial charge in [0.05, 0.1) is 5.52 Å². The average Bonchev–Trinajstić information content (AvgIpc) is 3.44. The van der Waals surface area contributed by atoms with Crippen molar-refractivity contribution in [1.29, 1.82) is 0 Å². The first kappa shape index (κ1) is 15.1. The van der Waals surface area contributed by atoms with Gasteiger partial charge in [-0.25, -0.2) is 9.97 Å². The summed E-state index contributed by atoms with van der Waals surface area (Å²) in [5.74, 6) is 3.28. The van der Waals surface area contributed by atoms with Gasteiger partial charge in [0.1, 0.15) is 11.6 Å². The van der Waals surface area contributed by atoms with E-state index in [4.69, 9.17) is 9.97 Å². The Morgan fingerprint density at radius 2 is 1.72 bits per heavy atom. The molecule has 0 radical (unpaired) electrons. The van der Waals surface area contributed by atoms with Crippen LogP contribution in [-0.2, 0) is 4.79 Å². The van der Waals surface area contributed by atoms with Gasteiger partial charge in [0.25, 0.3) is 0 Å². The van der Waals surface area contributed by atoms with Crippen LogP contribution in [0.5, 0.6) is 0 Å². The quantitative estimate of drug-likeness (QED) is 0.865. The molecule has 1 aromatic heterocycles. The fourth-order valence-corrected chi connectivity index (χ4v) is 3.89. The Morgan fingerprint density at radius 3 is 2.40 bits per heavy atom. The van der Waals surface area contributed by atoms with Gasteiger partial charge >= 0.3 is 0 Å². The van der Waals surface area contributed by atoms with Gasteiger partial charge in [0.2, 0.25) is 5.91 Å². The summed E-state index contributed by atoms with van der Waals surface area (Å²) in [4.78, 5) is 26.6. The number of hydrogen-bond acceptors (Lipinski definition) is 4. The molecule has 0 unspecified atom stereocenters. The van der Waals surface area contributed by atoms with Crippen LogP contribution in [0.4, 0.5) is 5.82 Å². The molecule has 2 aliphatic carbocycles. The van der Waals surface area contributed by atoms with E-state index in [0.717, 1.165) is 61.6 Å². The Hall–Kier alpha value is -2.17. The number of piperazine rings is 1. The third-order valence-electron chi connectivity index (χ3n) is 5.89. The van der Waals surface area contributed by atoms with E-state index in [-0.39, 0.29) is 0 Å². The molecule has 2 aromatic rings. The molecule has 5 heteroatoms. The van der Waals surface area contributed by atoms with Gasteiger partial charge in [-0.1, -0.05) is 18.6 Å². The number of rotatable bonds is 3. The van der Waals surface area contributed by atoms with Crippen LogP contribution in [0.2, 0.25) is 0 Å². The zero-order valence-electron chi connectivity index (χ0n) is 14.5. The van der Waals surface area contributed by atoms with E-state index < -0.39 is 0 Å². The summed E-state index contributed by atoms with van der Waals surface area (Å²) in [7, 11) is 0. The number of aromatic nitrogens is 2. The van der Waals surface area contributed by atoms with Crippen molar-refractivity contribution in [3.63, 3.8) is 0 Å². The molecule has 0 bridgehead atoms. The van der Waals surface area contributed by atoms with Crippen LogP contribution in [0, 0.1) is 5.92 Å². The summed E-state index contributed by atoms with van der Waals surface area (Å²) in [6.07, 6.45) is 5.80. The maximum absolute atomic E-state index is 12.5. The van der Waals surface area contributed by atoms with Crippen molar-refractivity contribution in [1.82, 2.24) is 14.9 Å². The Labute approximate surface area is 148 Å². The third kappa shape index (κ3) is 2.75. The molecule has 5 nitrogen and oxygen atoms in total. The Bertz CT molecular complexity index is 804. The van der Waals surface area contributed by atoms with E-state index in [9.17, 15) is 4.79 Å². The summed E-state index contributed by atoms with van der Waals surface area (Å²) in [5, 5.41) is 1.13. The van der Waals surface area contributed by atoms with Crippen LogP contribution in [0.15, 0.2) is 24.3 Å². The van der Waals surface area contributed by atoms with Crippen molar-refractivity contribution in [3.05, 3.63) is 30.1 Å². The van der Waals surface area contributed by atoms with Gasteiger partial charge in [-0.3, -0.25) is 4.79 Å². The number of hydrogen-bond donors (Lipinski definition) is 0. The molecule has 2 saturated carbocycles. The number of nitrogens with zero attached hydrogens (tertiary/aromatic N) is 4. The summed E-state index contributed by atoms with van der Waals surface area (Å²) < 4.78 is 0. The number of carbonyl (C=O) groups excluding carboxylic acids is 1. The van der Waals surface area contributed by atoms with Crippen molar-refractivity contribution in [2.45, 2.75) is 38.0 Å². The minimum Gasteiger partial charge on any atom is -0.352 e.